The molecule has 0 aromatic heterocycles. The highest BCUT2D eigenvalue weighted by atomic mass is 35.5. The number of ether oxygens (including phenoxy) is 1. The number of nitrogens with two attached hydrogens (primary N) is 1. The molecule has 1 heterocycles. The number of nitrogens with zero attached hydrogens (tertiary/aromatic N) is 1. The van der Waals surface area contributed by atoms with Gasteiger partial charge < -0.3 is 15.4 Å². The number of hydrogen-bond acceptors (Lipinski definition) is 3. The maximum atomic E-state index is 14.5. The molecule has 1 saturated heterocycles. The van der Waals surface area contributed by atoms with Gasteiger partial charge in [0.2, 0.25) is 0 Å². The molecule has 1 atom stereocenters. The number of piperidine rings is 1. The Bertz CT molecular complexity index is 737. The summed E-state index contributed by atoms with van der Waals surface area (Å²) in [7, 11) is 1.60. The molecular formula is C19H22ClFN2O2. The summed E-state index contributed by atoms with van der Waals surface area (Å²) in [5, 5.41) is 0. The van der Waals surface area contributed by atoms with Gasteiger partial charge in [0.05, 0.1) is 12.7 Å². The van der Waals surface area contributed by atoms with Gasteiger partial charge in [0.25, 0.3) is 5.91 Å². The quantitative estimate of drug-likeness (QED) is 0.907. The van der Waals surface area contributed by atoms with Gasteiger partial charge in [0.15, 0.2) is 0 Å². The van der Waals surface area contributed by atoms with Crippen LogP contribution in [-0.4, -0.2) is 37.0 Å². The van der Waals surface area contributed by atoms with Crippen LogP contribution in [-0.2, 0) is 0 Å². The maximum Gasteiger partial charge on any atom is 0.256 e. The Kier molecular flexibility index (Phi) is 6.39. The van der Waals surface area contributed by atoms with Crippen molar-refractivity contribution >= 4 is 18.3 Å². The van der Waals surface area contributed by atoms with E-state index >= 15 is 0 Å². The van der Waals surface area contributed by atoms with E-state index in [2.05, 4.69) is 0 Å². The molecule has 134 valence electrons. The Labute approximate surface area is 153 Å². The van der Waals surface area contributed by atoms with E-state index in [4.69, 9.17) is 10.5 Å². The van der Waals surface area contributed by atoms with Crippen LogP contribution in [0.1, 0.15) is 23.2 Å². The molecule has 4 nitrogen and oxygen atoms in total. The lowest BCUT2D eigenvalue weighted by molar-refractivity contribution is 0.0704. The molecule has 6 heteroatoms. The Morgan fingerprint density at radius 2 is 1.88 bits per heavy atom. The van der Waals surface area contributed by atoms with Crippen molar-refractivity contribution in [1.29, 1.82) is 0 Å². The minimum absolute atomic E-state index is 0. The summed E-state index contributed by atoms with van der Waals surface area (Å²) in [6.45, 7) is 1.12. The molecule has 3 rings (SSSR count). The zero-order chi connectivity index (χ0) is 17.1. The number of benzene rings is 2. The van der Waals surface area contributed by atoms with Gasteiger partial charge in [0.1, 0.15) is 11.6 Å². The maximum absolute atomic E-state index is 14.5. The standard InChI is InChI=1S/C19H21FN2O2.ClH/c1-24-16-7-4-13(5-8-16)14-6-9-17(18(20)11-14)19(23)22-10-2-3-15(21)12-22;/h4-9,11,15H,2-3,10,12,21H2,1H3;1H. The molecule has 25 heavy (non-hydrogen) atoms. The second kappa shape index (κ2) is 8.32. The van der Waals surface area contributed by atoms with Crippen LogP contribution in [0.5, 0.6) is 5.75 Å². The van der Waals surface area contributed by atoms with Crippen molar-refractivity contribution in [2.45, 2.75) is 18.9 Å². The number of halogens is 2. The predicted octanol–water partition coefficient (Wildman–Crippen LogP) is 3.49. The molecule has 0 radical (unpaired) electrons. The number of carbonyl (C=O) groups excluding carboxylic acids is 1. The minimum Gasteiger partial charge on any atom is -0.497 e. The lowest BCUT2D eigenvalue weighted by atomic mass is 10.0. The van der Waals surface area contributed by atoms with Gasteiger partial charge >= 0.3 is 0 Å². The van der Waals surface area contributed by atoms with Crippen LogP contribution in [0.4, 0.5) is 4.39 Å². The normalized spacial score (nSPS) is 16.9. The van der Waals surface area contributed by atoms with Crippen LogP contribution in [0.15, 0.2) is 42.5 Å². The fraction of sp³-hybridized carbons (Fsp3) is 0.316. The lowest BCUT2D eigenvalue weighted by Crippen LogP contribution is -2.45. The smallest absolute Gasteiger partial charge is 0.256 e. The largest absolute Gasteiger partial charge is 0.497 e. The monoisotopic (exact) mass is 364 g/mol. The molecule has 0 spiro atoms. The molecule has 1 amide bonds. The highest BCUT2D eigenvalue weighted by molar-refractivity contribution is 5.95. The second-order valence-electron chi connectivity index (χ2n) is 6.08. The number of likely N-dealkylation sites (tertiary alicyclic amines) is 1. The van der Waals surface area contributed by atoms with Crippen LogP contribution < -0.4 is 10.5 Å². The van der Waals surface area contributed by atoms with Gasteiger partial charge in [-0.05, 0) is 48.2 Å². The Morgan fingerprint density at radius 1 is 1.20 bits per heavy atom. The fourth-order valence-electron chi connectivity index (χ4n) is 3.02. The summed E-state index contributed by atoms with van der Waals surface area (Å²) in [4.78, 5) is 14.1. The van der Waals surface area contributed by atoms with Crippen molar-refractivity contribution in [2.24, 2.45) is 5.73 Å². The number of methoxy groups -OCH3 is 1. The first-order valence-electron chi connectivity index (χ1n) is 8.07. The zero-order valence-corrected chi connectivity index (χ0v) is 14.9. The van der Waals surface area contributed by atoms with Gasteiger partial charge in [-0.15, -0.1) is 12.4 Å². The van der Waals surface area contributed by atoms with E-state index < -0.39 is 5.82 Å². The highest BCUT2D eigenvalue weighted by Gasteiger charge is 2.24. The van der Waals surface area contributed by atoms with Crippen LogP contribution >= 0.6 is 12.4 Å². The summed E-state index contributed by atoms with van der Waals surface area (Å²) in [5.74, 6) is -0.0520. The van der Waals surface area contributed by atoms with Crippen molar-refractivity contribution in [3.05, 3.63) is 53.8 Å². The van der Waals surface area contributed by atoms with E-state index in [0.717, 1.165) is 29.7 Å². The number of rotatable bonds is 3. The van der Waals surface area contributed by atoms with E-state index in [-0.39, 0.29) is 29.9 Å². The Balaban J connectivity index is 0.00000225. The fourth-order valence-corrected chi connectivity index (χ4v) is 3.02. The zero-order valence-electron chi connectivity index (χ0n) is 14.1. The lowest BCUT2D eigenvalue weighted by Gasteiger charge is -2.30. The average Bonchev–Trinajstić information content (AvgIpc) is 2.61. The summed E-state index contributed by atoms with van der Waals surface area (Å²) in [5.41, 5.74) is 7.60. The van der Waals surface area contributed by atoms with Crippen molar-refractivity contribution < 1.29 is 13.9 Å². The van der Waals surface area contributed by atoms with Gasteiger partial charge in [-0.2, -0.15) is 0 Å². The first-order chi connectivity index (χ1) is 11.6. The summed E-state index contributed by atoms with van der Waals surface area (Å²) < 4.78 is 19.6. The molecule has 1 aliphatic rings. The van der Waals surface area contributed by atoms with Gasteiger partial charge in [-0.1, -0.05) is 18.2 Å². The first kappa shape index (κ1) is 19.2. The van der Waals surface area contributed by atoms with E-state index in [0.29, 0.717) is 13.1 Å². The number of amides is 1. The van der Waals surface area contributed by atoms with E-state index in [9.17, 15) is 9.18 Å². The summed E-state index contributed by atoms with van der Waals surface area (Å²) in [6.07, 6.45) is 1.77. The van der Waals surface area contributed by atoms with Gasteiger partial charge in [-0.3, -0.25) is 4.79 Å². The molecule has 0 bridgehead atoms. The summed E-state index contributed by atoms with van der Waals surface area (Å²) in [6, 6.07) is 12.1. The van der Waals surface area contributed by atoms with E-state index in [1.807, 2.05) is 24.3 Å². The molecule has 1 fully saturated rings. The third-order valence-corrected chi connectivity index (χ3v) is 4.37. The third-order valence-electron chi connectivity index (χ3n) is 4.37. The first-order valence-corrected chi connectivity index (χ1v) is 8.07. The SMILES string of the molecule is COc1ccc(-c2ccc(C(=O)N3CCCC(N)C3)c(F)c2)cc1.Cl. The predicted molar refractivity (Wildman–Crippen MR) is 98.7 cm³/mol. The molecule has 2 N–H and O–H groups in total. The molecule has 2 aromatic carbocycles. The average molecular weight is 365 g/mol. The molecule has 1 unspecified atom stereocenters. The minimum atomic E-state index is -0.507. The molecule has 0 aliphatic carbocycles. The Morgan fingerprint density at radius 3 is 2.48 bits per heavy atom. The van der Waals surface area contributed by atoms with Crippen LogP contribution in [0.2, 0.25) is 0 Å². The van der Waals surface area contributed by atoms with E-state index in [1.165, 1.54) is 6.07 Å². The molecule has 2 aromatic rings. The summed E-state index contributed by atoms with van der Waals surface area (Å²) >= 11 is 0. The van der Waals surface area contributed by atoms with Crippen LogP contribution in [0, 0.1) is 5.82 Å². The molecule has 1 aliphatic heterocycles. The van der Waals surface area contributed by atoms with Crippen molar-refractivity contribution in [3.63, 3.8) is 0 Å². The van der Waals surface area contributed by atoms with Crippen LogP contribution in [0.3, 0.4) is 0 Å². The molecule has 0 saturated carbocycles. The third kappa shape index (κ3) is 4.30. The number of carbonyl (C=O) groups is 1. The number of hydrogen-bond donors (Lipinski definition) is 1. The topological polar surface area (TPSA) is 55.6 Å². The molecular weight excluding hydrogens is 343 g/mol. The van der Waals surface area contributed by atoms with Crippen molar-refractivity contribution in [1.82, 2.24) is 4.90 Å². The van der Waals surface area contributed by atoms with Crippen LogP contribution in [0.25, 0.3) is 11.1 Å². The Hall–Kier alpha value is -2.11. The van der Waals surface area contributed by atoms with Crippen molar-refractivity contribution in [3.8, 4) is 16.9 Å². The van der Waals surface area contributed by atoms with Crippen molar-refractivity contribution in [2.75, 3.05) is 20.2 Å². The second-order valence-corrected chi connectivity index (χ2v) is 6.08. The van der Waals surface area contributed by atoms with E-state index in [1.54, 1.807) is 24.1 Å². The van der Waals surface area contributed by atoms with Gasteiger partial charge in [-0.25, -0.2) is 4.39 Å². The highest BCUT2D eigenvalue weighted by Crippen LogP contribution is 2.25. The van der Waals surface area contributed by atoms with Gasteiger partial charge in [0, 0.05) is 19.1 Å².